The van der Waals surface area contributed by atoms with Gasteiger partial charge in [0.15, 0.2) is 21.7 Å². The van der Waals surface area contributed by atoms with Gasteiger partial charge in [0.05, 0.1) is 0 Å². The molecule has 0 aliphatic rings. The molecule has 348 valence electrons. The third-order valence-electron chi connectivity index (χ3n) is 9.43. The van der Waals surface area contributed by atoms with E-state index < -0.39 is 80.8 Å². The highest BCUT2D eigenvalue weighted by Crippen LogP contribution is 2.28. The minimum absolute atomic E-state index is 0.0105. The van der Waals surface area contributed by atoms with Crippen molar-refractivity contribution in [3.8, 4) is 23.0 Å². The number of ether oxygens (including phenoxy) is 4. The molecule has 0 fully saturated rings. The van der Waals surface area contributed by atoms with E-state index in [9.17, 15) is 48.6 Å². The largest absolute Gasteiger partial charge is 0.490 e. The normalized spacial score (nSPS) is 11.1. The lowest BCUT2D eigenvalue weighted by atomic mass is 10.2. The second-order valence-electron chi connectivity index (χ2n) is 14.2. The number of rotatable bonds is 16. The molecule has 68 heavy (non-hydrogen) atoms. The Labute approximate surface area is 376 Å². The van der Waals surface area contributed by atoms with Crippen LogP contribution in [0.5, 0.6) is 23.0 Å². The standard InChI is InChI=1S/2C23H16O11/c2*24-11(9-31-14-3-1-5-16-20(14)12(25)7-18(33-16)22(27)28)10-32-15-4-2-6-17-21(15)13(26)8-19(34-17)23(29)30/h2*1-8,11,24H,9-10H2,(H,27,28)(H,29,30). The molecule has 0 amide bonds. The lowest BCUT2D eigenvalue weighted by Gasteiger charge is -2.15. The summed E-state index contributed by atoms with van der Waals surface area (Å²) in [5, 5.41) is 56.7. The van der Waals surface area contributed by atoms with E-state index in [4.69, 9.17) is 57.0 Å². The van der Waals surface area contributed by atoms with Gasteiger partial charge in [0.2, 0.25) is 23.0 Å². The van der Waals surface area contributed by atoms with Crippen LogP contribution >= 0.6 is 0 Å². The molecule has 0 saturated carbocycles. The molecular formula is C46H32O22. The Morgan fingerprint density at radius 2 is 0.588 bits per heavy atom. The summed E-state index contributed by atoms with van der Waals surface area (Å²) >= 11 is 0. The summed E-state index contributed by atoms with van der Waals surface area (Å²) in [5.74, 6) is -7.31. The first kappa shape index (κ1) is 46.7. The third kappa shape index (κ3) is 10.3. The Bertz CT molecular complexity index is 3060. The highest BCUT2D eigenvalue weighted by atomic mass is 16.5. The SMILES string of the molecule is O=C(O)c1cc(=O)c2c(OCC(O)COc3cccc4oc(C(=O)O)cc(=O)c34)cccc2o1.O=C(O)c1cc(=O)c2c(OCC(O)COc3cccc4oc(C(=O)O)cc(=O)c34)cccc2o1. The van der Waals surface area contributed by atoms with Crippen LogP contribution in [0.3, 0.4) is 0 Å². The van der Waals surface area contributed by atoms with Gasteiger partial charge in [0.25, 0.3) is 0 Å². The van der Waals surface area contributed by atoms with Crippen LogP contribution in [0.25, 0.3) is 43.9 Å². The smallest absolute Gasteiger partial charge is 0.371 e. The molecule has 8 rings (SSSR count). The minimum atomic E-state index is -1.39. The number of carbonyl (C=O) groups is 4. The van der Waals surface area contributed by atoms with Gasteiger partial charge in [0.1, 0.15) is 106 Å². The Hall–Kier alpha value is -9.28. The molecule has 0 aliphatic heterocycles. The van der Waals surface area contributed by atoms with Gasteiger partial charge in [0, 0.05) is 24.3 Å². The van der Waals surface area contributed by atoms with E-state index in [0.717, 1.165) is 24.3 Å². The van der Waals surface area contributed by atoms with Crippen LogP contribution in [0.2, 0.25) is 0 Å². The number of aliphatic hydroxyl groups excluding tert-OH is 2. The lowest BCUT2D eigenvalue weighted by Crippen LogP contribution is -2.25. The molecule has 8 aromatic rings. The average Bonchev–Trinajstić information content (AvgIpc) is 3.30. The summed E-state index contributed by atoms with van der Waals surface area (Å²) in [4.78, 5) is 93.6. The summed E-state index contributed by atoms with van der Waals surface area (Å²) < 4.78 is 42.8. The summed E-state index contributed by atoms with van der Waals surface area (Å²) in [6, 6.07) is 20.8. The third-order valence-corrected chi connectivity index (χ3v) is 9.43. The summed E-state index contributed by atoms with van der Waals surface area (Å²) in [5.41, 5.74) is -2.45. The van der Waals surface area contributed by atoms with Crippen LogP contribution in [0.4, 0.5) is 0 Å². The summed E-state index contributed by atoms with van der Waals surface area (Å²) in [6.07, 6.45) is -2.39. The second kappa shape index (κ2) is 19.9. The Morgan fingerprint density at radius 1 is 0.382 bits per heavy atom. The molecule has 0 atom stereocenters. The maximum absolute atomic E-state index is 12.3. The molecule has 22 nitrogen and oxygen atoms in total. The van der Waals surface area contributed by atoms with E-state index in [2.05, 4.69) is 0 Å². The summed E-state index contributed by atoms with van der Waals surface area (Å²) in [7, 11) is 0. The predicted octanol–water partition coefficient (Wildman–Crippen LogP) is 4.23. The van der Waals surface area contributed by atoms with Crippen molar-refractivity contribution in [1.29, 1.82) is 0 Å². The molecule has 0 radical (unpaired) electrons. The zero-order valence-electron chi connectivity index (χ0n) is 34.4. The van der Waals surface area contributed by atoms with Crippen molar-refractivity contribution >= 4 is 67.8 Å². The molecule has 0 spiro atoms. The van der Waals surface area contributed by atoms with E-state index in [1.165, 1.54) is 72.8 Å². The van der Waals surface area contributed by atoms with Gasteiger partial charge in [-0.1, -0.05) is 24.3 Å². The Morgan fingerprint density at radius 3 is 0.779 bits per heavy atom. The van der Waals surface area contributed by atoms with Crippen molar-refractivity contribution in [3.05, 3.63) is 161 Å². The van der Waals surface area contributed by atoms with Crippen molar-refractivity contribution in [2.24, 2.45) is 0 Å². The van der Waals surface area contributed by atoms with Gasteiger partial charge in [-0.2, -0.15) is 0 Å². The van der Waals surface area contributed by atoms with Gasteiger partial charge < -0.3 is 67.3 Å². The molecule has 4 aromatic heterocycles. The van der Waals surface area contributed by atoms with Gasteiger partial charge >= 0.3 is 23.9 Å². The zero-order chi connectivity index (χ0) is 48.8. The van der Waals surface area contributed by atoms with Crippen molar-refractivity contribution in [1.82, 2.24) is 0 Å². The van der Waals surface area contributed by atoms with Gasteiger partial charge in [-0.25, -0.2) is 19.2 Å². The molecule has 4 aromatic carbocycles. The number of hydrogen-bond acceptors (Lipinski definition) is 18. The first-order valence-electron chi connectivity index (χ1n) is 19.6. The Balaban J connectivity index is 0.000000201. The van der Waals surface area contributed by atoms with Gasteiger partial charge in [-0.3, -0.25) is 19.2 Å². The van der Waals surface area contributed by atoms with Crippen molar-refractivity contribution in [2.45, 2.75) is 12.2 Å². The molecule has 4 heterocycles. The fourth-order valence-electron chi connectivity index (χ4n) is 6.46. The molecule has 0 unspecified atom stereocenters. The van der Waals surface area contributed by atoms with E-state index in [0.29, 0.717) is 0 Å². The summed E-state index contributed by atoms with van der Waals surface area (Å²) in [6.45, 7) is -1.22. The second-order valence-corrected chi connectivity index (χ2v) is 14.2. The van der Waals surface area contributed by atoms with E-state index in [1.807, 2.05) is 0 Å². The molecule has 0 aliphatic carbocycles. The van der Waals surface area contributed by atoms with Crippen molar-refractivity contribution in [2.75, 3.05) is 26.4 Å². The fraction of sp³-hybridized carbons (Fsp3) is 0.130. The lowest BCUT2D eigenvalue weighted by molar-refractivity contribution is 0.0634. The number of hydrogen-bond donors (Lipinski definition) is 6. The number of aliphatic hydroxyl groups is 2. The molecule has 0 saturated heterocycles. The van der Waals surface area contributed by atoms with Crippen LogP contribution < -0.4 is 40.7 Å². The molecule has 0 bridgehead atoms. The van der Waals surface area contributed by atoms with Gasteiger partial charge in [-0.15, -0.1) is 0 Å². The molecule has 22 heteroatoms. The van der Waals surface area contributed by atoms with E-state index in [1.54, 1.807) is 0 Å². The van der Waals surface area contributed by atoms with Gasteiger partial charge in [-0.05, 0) is 48.5 Å². The Kier molecular flexibility index (Phi) is 13.6. The van der Waals surface area contributed by atoms with Crippen LogP contribution in [-0.2, 0) is 0 Å². The number of benzene rings is 4. The van der Waals surface area contributed by atoms with E-state index in [-0.39, 0.29) is 93.3 Å². The average molecular weight is 937 g/mol. The van der Waals surface area contributed by atoms with Crippen LogP contribution in [0, 0.1) is 0 Å². The number of carboxylic acids is 4. The molecule has 6 N–H and O–H groups in total. The van der Waals surface area contributed by atoms with Crippen molar-refractivity contribution in [3.63, 3.8) is 0 Å². The van der Waals surface area contributed by atoms with E-state index >= 15 is 0 Å². The maximum Gasteiger partial charge on any atom is 0.371 e. The fourth-order valence-corrected chi connectivity index (χ4v) is 6.46. The monoisotopic (exact) mass is 936 g/mol. The predicted molar refractivity (Wildman–Crippen MR) is 232 cm³/mol. The molecular weight excluding hydrogens is 904 g/mol. The first-order valence-corrected chi connectivity index (χ1v) is 19.6. The number of aromatic carboxylic acids is 4. The van der Waals surface area contributed by atoms with Crippen molar-refractivity contribution < 1.29 is 86.4 Å². The number of fused-ring (bicyclic) bond motifs is 4. The van der Waals surface area contributed by atoms with Crippen LogP contribution in [0.1, 0.15) is 42.2 Å². The zero-order valence-corrected chi connectivity index (χ0v) is 34.4. The quantitative estimate of drug-likeness (QED) is 0.0789. The topological polar surface area (TPSA) is 347 Å². The van der Waals surface area contributed by atoms with Crippen LogP contribution in [-0.4, -0.2) is 93.2 Å². The highest BCUT2D eigenvalue weighted by Gasteiger charge is 2.20. The first-order chi connectivity index (χ1) is 32.5. The minimum Gasteiger partial charge on any atom is -0.490 e. The maximum atomic E-state index is 12.3. The van der Waals surface area contributed by atoms with Crippen LogP contribution in [0.15, 0.2) is 134 Å². The number of carboxylic acid groups (broad SMARTS) is 4. The highest BCUT2D eigenvalue weighted by molar-refractivity contribution is 5.92.